The molecule has 252 valence electrons. The van der Waals surface area contributed by atoms with Crippen LogP contribution in [0, 0.1) is 5.41 Å². The molecule has 2 aromatic carbocycles. The lowest BCUT2D eigenvalue weighted by molar-refractivity contribution is 0.0130. The van der Waals surface area contributed by atoms with Gasteiger partial charge >= 0.3 is 17.9 Å². The first-order valence-corrected chi connectivity index (χ1v) is 17.2. The molecular weight excluding hydrogens is 690 g/mol. The molecule has 13 heteroatoms. The van der Waals surface area contributed by atoms with E-state index in [1.807, 2.05) is 71.0 Å². The van der Waals surface area contributed by atoms with E-state index in [2.05, 4.69) is 25.8 Å². The largest absolute Gasteiger partial charge is 0.489 e. The summed E-state index contributed by atoms with van der Waals surface area (Å²) in [6.07, 6.45) is 0.545. The lowest BCUT2D eigenvalue weighted by Gasteiger charge is -2.45. The fraction of sp³-hybridized carbons (Fsp3) is 0.529. The molecule has 1 aromatic heterocycles. The van der Waals surface area contributed by atoms with Gasteiger partial charge in [0.15, 0.2) is 5.75 Å². The molecule has 0 unspecified atom stereocenters. The minimum absolute atomic E-state index is 0.154. The lowest BCUT2D eigenvalue weighted by atomic mass is 9.79. The van der Waals surface area contributed by atoms with Crippen LogP contribution < -0.4 is 15.3 Å². The molecule has 2 atom stereocenters. The second kappa shape index (κ2) is 12.8. The topological polar surface area (TPSA) is 106 Å². The fourth-order valence-corrected chi connectivity index (χ4v) is 7.33. The van der Waals surface area contributed by atoms with Crippen LogP contribution in [-0.4, -0.2) is 82.0 Å². The Labute approximate surface area is 287 Å². The van der Waals surface area contributed by atoms with Crippen molar-refractivity contribution in [3.05, 3.63) is 61.9 Å². The highest BCUT2D eigenvalue weighted by molar-refractivity contribution is 9.10. The molecule has 2 saturated heterocycles. The lowest BCUT2D eigenvalue weighted by Crippen LogP contribution is -2.59. The molecule has 0 N–H and O–H groups in total. The molecule has 47 heavy (non-hydrogen) atoms. The second-order valence-corrected chi connectivity index (χ2v) is 15.2. The zero-order valence-electron chi connectivity index (χ0n) is 27.4. The highest BCUT2D eigenvalue weighted by atomic mass is 79.9. The van der Waals surface area contributed by atoms with Crippen LogP contribution in [0.15, 0.2) is 45.7 Å². The molecule has 1 spiro atoms. The Morgan fingerprint density at radius 1 is 1.09 bits per heavy atom. The van der Waals surface area contributed by atoms with Gasteiger partial charge in [-0.2, -0.15) is 4.98 Å². The maximum absolute atomic E-state index is 14.0. The van der Waals surface area contributed by atoms with Crippen molar-refractivity contribution in [3.8, 4) is 5.75 Å². The fourth-order valence-electron chi connectivity index (χ4n) is 6.72. The van der Waals surface area contributed by atoms with Crippen molar-refractivity contribution in [3.63, 3.8) is 0 Å². The summed E-state index contributed by atoms with van der Waals surface area (Å²) in [4.78, 5) is 50.0. The number of likely N-dealkylation sites (tertiary alicyclic amines) is 1. The average molecular weight is 731 g/mol. The van der Waals surface area contributed by atoms with Gasteiger partial charge in [-0.05, 0) is 75.0 Å². The van der Waals surface area contributed by atoms with E-state index in [1.54, 1.807) is 14.4 Å². The molecule has 6 rings (SSSR count). The van der Waals surface area contributed by atoms with Crippen LogP contribution in [0.2, 0.25) is 5.02 Å². The third kappa shape index (κ3) is 6.76. The number of hydrogen-bond donors (Lipinski definition) is 0. The summed E-state index contributed by atoms with van der Waals surface area (Å²) >= 11 is 10.4. The van der Waals surface area contributed by atoms with E-state index in [0.717, 1.165) is 5.56 Å². The van der Waals surface area contributed by atoms with Gasteiger partial charge < -0.3 is 28.9 Å². The maximum Gasteiger partial charge on any atom is 0.410 e. The third-order valence-electron chi connectivity index (χ3n) is 9.28. The number of amides is 2. The number of ether oxygens (including phenoxy) is 3. The molecule has 3 aromatic rings. The normalized spacial score (nSPS) is 21.0. The van der Waals surface area contributed by atoms with Gasteiger partial charge in [0.1, 0.15) is 18.0 Å². The van der Waals surface area contributed by atoms with Crippen LogP contribution in [0.3, 0.4) is 0 Å². The number of piperidine rings is 1. The van der Waals surface area contributed by atoms with Crippen molar-refractivity contribution < 1.29 is 23.8 Å². The van der Waals surface area contributed by atoms with Gasteiger partial charge in [0, 0.05) is 55.6 Å². The minimum Gasteiger partial charge on any atom is -0.489 e. The van der Waals surface area contributed by atoms with Gasteiger partial charge in [-0.25, -0.2) is 14.4 Å². The molecule has 2 fully saturated rings. The zero-order chi connectivity index (χ0) is 33.7. The molecule has 0 aliphatic carbocycles. The van der Waals surface area contributed by atoms with Crippen LogP contribution >= 0.6 is 27.5 Å². The Morgan fingerprint density at radius 2 is 1.79 bits per heavy atom. The van der Waals surface area contributed by atoms with E-state index < -0.39 is 11.0 Å². The number of hydrogen-bond acceptors (Lipinski definition) is 8. The maximum atomic E-state index is 14.0. The molecule has 3 aliphatic rings. The summed E-state index contributed by atoms with van der Waals surface area (Å²) in [7, 11) is 0. The molecule has 0 bridgehead atoms. The number of carbonyl (C=O) groups excluding carboxylic acids is 2. The smallest absolute Gasteiger partial charge is 0.410 e. The highest BCUT2D eigenvalue weighted by Gasteiger charge is 2.42. The summed E-state index contributed by atoms with van der Waals surface area (Å²) in [5, 5.41) is 1.15. The van der Waals surface area contributed by atoms with E-state index in [1.165, 1.54) is 0 Å². The Morgan fingerprint density at radius 3 is 2.47 bits per heavy atom. The van der Waals surface area contributed by atoms with Crippen molar-refractivity contribution in [2.75, 3.05) is 37.7 Å². The van der Waals surface area contributed by atoms with Crippen LogP contribution in [-0.2, 0) is 22.6 Å². The molecule has 4 heterocycles. The van der Waals surface area contributed by atoms with Crippen LogP contribution in [0.4, 0.5) is 15.4 Å². The van der Waals surface area contributed by atoms with E-state index in [-0.39, 0.29) is 36.6 Å². The van der Waals surface area contributed by atoms with Crippen LogP contribution in [0.5, 0.6) is 5.75 Å². The minimum atomic E-state index is -0.605. The molecular formula is C34H41BrClN5O6. The predicted octanol–water partition coefficient (Wildman–Crippen LogP) is 6.46. The number of benzene rings is 2. The van der Waals surface area contributed by atoms with Gasteiger partial charge in [0.05, 0.1) is 21.6 Å². The summed E-state index contributed by atoms with van der Waals surface area (Å²) in [6, 6.07) is 11.1. The van der Waals surface area contributed by atoms with Crippen LogP contribution in [0.1, 0.15) is 53.0 Å². The summed E-state index contributed by atoms with van der Waals surface area (Å²) < 4.78 is 20.0. The Balaban J connectivity index is 1.25. The zero-order valence-corrected chi connectivity index (χ0v) is 29.8. The van der Waals surface area contributed by atoms with Gasteiger partial charge in [0.2, 0.25) is 0 Å². The number of anilines is 1. The number of rotatable bonds is 3. The van der Waals surface area contributed by atoms with Crippen molar-refractivity contribution in [1.82, 2.24) is 19.4 Å². The van der Waals surface area contributed by atoms with Crippen molar-refractivity contribution in [1.29, 1.82) is 0 Å². The van der Waals surface area contributed by atoms with Gasteiger partial charge in [-0.15, -0.1) is 0 Å². The van der Waals surface area contributed by atoms with Crippen LogP contribution in [0.25, 0.3) is 10.9 Å². The monoisotopic (exact) mass is 729 g/mol. The molecule has 3 aliphatic heterocycles. The Kier molecular flexibility index (Phi) is 9.12. The Bertz CT molecular complexity index is 1740. The standard InChI is InChI=1S/C34H41BrClN5O6/c1-21-17-40(32(44)47-33(3,4)5)22(2)16-39(21)29-24-15-25(36)26(35)28-27(24)41(30(42)37-29)19-34(20-46-28)11-13-38(14-12-34)31(43)45-18-23-9-7-6-8-10-23/h6-10,15,21-22H,11-14,16-20H2,1-5H3/t21-,22+/m0/s1. The SMILES string of the molecule is C[C@@H]1CN(c2nc(=O)n3c4c(c(Br)c(Cl)cc24)OCC2(CCN(C(=O)OCc4ccccc4)CC2)C3)[C@@H](C)CN1C(=O)OC(C)(C)C. The summed E-state index contributed by atoms with van der Waals surface area (Å²) in [6.45, 7) is 12.3. The van der Waals surface area contributed by atoms with E-state index in [9.17, 15) is 14.4 Å². The number of aromatic nitrogens is 2. The van der Waals surface area contributed by atoms with Crippen molar-refractivity contribution in [2.24, 2.45) is 5.41 Å². The van der Waals surface area contributed by atoms with Crippen molar-refractivity contribution in [2.45, 2.75) is 78.3 Å². The summed E-state index contributed by atoms with van der Waals surface area (Å²) in [5.74, 6) is 1.01. The third-order valence-corrected chi connectivity index (χ3v) is 10.6. The van der Waals surface area contributed by atoms with Gasteiger partial charge in [-0.3, -0.25) is 4.57 Å². The molecule has 11 nitrogen and oxygen atoms in total. The highest BCUT2D eigenvalue weighted by Crippen LogP contribution is 2.46. The van der Waals surface area contributed by atoms with E-state index in [4.69, 9.17) is 25.8 Å². The first-order chi connectivity index (χ1) is 22.2. The Hall–Kier alpha value is -3.51. The first-order valence-electron chi connectivity index (χ1n) is 16.0. The number of piperazine rings is 1. The van der Waals surface area contributed by atoms with E-state index in [0.29, 0.717) is 84.1 Å². The molecule has 2 amide bonds. The first kappa shape index (κ1) is 33.4. The molecule has 0 radical (unpaired) electrons. The predicted molar refractivity (Wildman–Crippen MR) is 183 cm³/mol. The quantitative estimate of drug-likeness (QED) is 0.303. The van der Waals surface area contributed by atoms with Gasteiger partial charge in [-0.1, -0.05) is 41.9 Å². The summed E-state index contributed by atoms with van der Waals surface area (Å²) in [5.41, 5.74) is 0.175. The molecule has 0 saturated carbocycles. The second-order valence-electron chi connectivity index (χ2n) is 14.0. The number of halogens is 2. The average Bonchev–Trinajstić information content (AvgIpc) is 3.19. The van der Waals surface area contributed by atoms with E-state index >= 15 is 0 Å². The number of nitrogens with zero attached hydrogens (tertiary/aromatic N) is 5. The van der Waals surface area contributed by atoms with Crippen molar-refractivity contribution >= 4 is 56.4 Å². The number of carbonyl (C=O) groups is 2. The van der Waals surface area contributed by atoms with Gasteiger partial charge in [0.25, 0.3) is 0 Å².